The maximum atomic E-state index is 11.9. The van der Waals surface area contributed by atoms with Gasteiger partial charge in [-0.05, 0) is 42.8 Å². The summed E-state index contributed by atoms with van der Waals surface area (Å²) in [4.78, 5) is 39.8. The minimum Gasteiger partial charge on any atom is -0.497 e. The number of ether oxygens (including phenoxy) is 5. The van der Waals surface area contributed by atoms with Crippen molar-refractivity contribution in [1.82, 2.24) is 4.98 Å². The molecular formula is C24H27NO8S. The number of thioether (sulfide) groups is 1. The summed E-state index contributed by atoms with van der Waals surface area (Å²) in [6.45, 7) is 5.63. The van der Waals surface area contributed by atoms with Crippen molar-refractivity contribution in [3.05, 3.63) is 42.1 Å². The quantitative estimate of drug-likeness (QED) is 0.424. The van der Waals surface area contributed by atoms with E-state index in [0.29, 0.717) is 17.2 Å². The smallest absolute Gasteiger partial charge is 0.303 e. The first kappa shape index (κ1) is 25.4. The second-order valence-electron chi connectivity index (χ2n) is 7.65. The van der Waals surface area contributed by atoms with E-state index in [-0.39, 0.29) is 5.75 Å². The van der Waals surface area contributed by atoms with Crippen molar-refractivity contribution in [2.45, 2.75) is 51.4 Å². The van der Waals surface area contributed by atoms with Crippen molar-refractivity contribution >= 4 is 29.7 Å². The van der Waals surface area contributed by atoms with Crippen molar-refractivity contribution in [3.63, 3.8) is 0 Å². The van der Waals surface area contributed by atoms with Crippen LogP contribution in [0.2, 0.25) is 0 Å². The maximum Gasteiger partial charge on any atom is 0.303 e. The van der Waals surface area contributed by atoms with Gasteiger partial charge in [-0.15, -0.1) is 11.8 Å². The van der Waals surface area contributed by atoms with Crippen LogP contribution in [0.4, 0.5) is 0 Å². The highest BCUT2D eigenvalue weighted by atomic mass is 32.2. The molecule has 0 saturated carbocycles. The number of methoxy groups -OCH3 is 1. The number of nitrogens with zero attached hydrogens (tertiary/aromatic N) is 1. The standard InChI is InChI=1S/C24H27NO8S/c1-13-10-11-25-20(17-6-8-18(29-5)9-7-17)21(13)33-24-23(32-16(4)28)22(31-15(3)27)19(12-34-24)30-14(2)26/h6-11,19,22-24H,12H2,1-5H3/t19-,22+,23-,24?/m1/s1. The van der Waals surface area contributed by atoms with E-state index < -0.39 is 41.7 Å². The summed E-state index contributed by atoms with van der Waals surface area (Å²) < 4.78 is 27.9. The number of aryl methyl sites for hydroxylation is 1. The molecule has 0 radical (unpaired) electrons. The van der Waals surface area contributed by atoms with Gasteiger partial charge in [0.15, 0.2) is 23.7 Å². The average Bonchev–Trinajstić information content (AvgIpc) is 2.78. The van der Waals surface area contributed by atoms with E-state index in [1.54, 1.807) is 13.3 Å². The molecule has 3 rings (SSSR count). The van der Waals surface area contributed by atoms with Gasteiger partial charge in [0.05, 0.1) is 7.11 Å². The van der Waals surface area contributed by atoms with Crippen molar-refractivity contribution in [2.75, 3.05) is 12.9 Å². The topological polar surface area (TPSA) is 110 Å². The van der Waals surface area contributed by atoms with E-state index in [4.69, 9.17) is 23.7 Å². The Morgan fingerprint density at radius 2 is 1.53 bits per heavy atom. The lowest BCUT2D eigenvalue weighted by Crippen LogP contribution is -2.55. The van der Waals surface area contributed by atoms with Gasteiger partial charge in [0.2, 0.25) is 0 Å². The molecule has 1 aliphatic heterocycles. The minimum absolute atomic E-state index is 0.275. The number of hydrogen-bond acceptors (Lipinski definition) is 10. The lowest BCUT2D eigenvalue weighted by atomic mass is 10.1. The fourth-order valence-electron chi connectivity index (χ4n) is 3.57. The van der Waals surface area contributed by atoms with E-state index in [1.807, 2.05) is 37.3 Å². The van der Waals surface area contributed by atoms with E-state index >= 15 is 0 Å². The SMILES string of the molecule is COc1ccc(-c2nccc(C)c2OC2SC[C@@H](OC(C)=O)[C@H](OC(C)=O)[C@H]2OC(C)=O)cc1. The normalized spacial score (nSPS) is 21.8. The number of aromatic nitrogens is 1. The van der Waals surface area contributed by atoms with Crippen LogP contribution in [0.25, 0.3) is 11.3 Å². The molecule has 1 aromatic heterocycles. The summed E-state index contributed by atoms with van der Waals surface area (Å²) in [6, 6.07) is 9.18. The molecule has 0 amide bonds. The highest BCUT2D eigenvalue weighted by Crippen LogP contribution is 2.38. The second kappa shape index (κ2) is 11.2. The Kier molecular flexibility index (Phi) is 8.38. The molecular weight excluding hydrogens is 462 g/mol. The molecule has 1 aromatic carbocycles. The van der Waals surface area contributed by atoms with Crippen molar-refractivity contribution in [3.8, 4) is 22.8 Å². The number of rotatable bonds is 7. The van der Waals surface area contributed by atoms with Gasteiger partial charge < -0.3 is 23.7 Å². The number of esters is 3. The third kappa shape index (κ3) is 6.19. The first-order valence-electron chi connectivity index (χ1n) is 10.6. The lowest BCUT2D eigenvalue weighted by molar-refractivity contribution is -0.186. The van der Waals surface area contributed by atoms with E-state index in [2.05, 4.69) is 4.98 Å². The fraction of sp³-hybridized carbons (Fsp3) is 0.417. The van der Waals surface area contributed by atoms with E-state index in [1.165, 1.54) is 32.5 Å². The van der Waals surface area contributed by atoms with Crippen LogP contribution < -0.4 is 9.47 Å². The summed E-state index contributed by atoms with van der Waals surface area (Å²) in [5.74, 6) is -0.239. The van der Waals surface area contributed by atoms with Crippen molar-refractivity contribution < 1.29 is 38.1 Å². The summed E-state index contributed by atoms with van der Waals surface area (Å²) >= 11 is 1.29. The van der Waals surface area contributed by atoms with Crippen LogP contribution in [-0.2, 0) is 28.6 Å². The van der Waals surface area contributed by atoms with Crippen LogP contribution in [-0.4, -0.2) is 59.5 Å². The molecule has 0 aliphatic carbocycles. The molecule has 2 aromatic rings. The van der Waals surface area contributed by atoms with Gasteiger partial charge >= 0.3 is 17.9 Å². The lowest BCUT2D eigenvalue weighted by Gasteiger charge is -2.40. The molecule has 1 fully saturated rings. The summed E-state index contributed by atoms with van der Waals surface area (Å²) in [6.07, 6.45) is -1.17. The van der Waals surface area contributed by atoms with Crippen LogP contribution in [0.5, 0.6) is 11.5 Å². The van der Waals surface area contributed by atoms with Crippen molar-refractivity contribution in [1.29, 1.82) is 0 Å². The monoisotopic (exact) mass is 489 g/mol. The zero-order chi connectivity index (χ0) is 24.8. The fourth-order valence-corrected chi connectivity index (χ4v) is 4.78. The maximum absolute atomic E-state index is 11.9. The van der Waals surface area contributed by atoms with Gasteiger partial charge in [-0.2, -0.15) is 0 Å². The third-order valence-electron chi connectivity index (χ3n) is 5.00. The molecule has 1 saturated heterocycles. The number of benzene rings is 1. The number of carbonyl (C=O) groups excluding carboxylic acids is 3. The Morgan fingerprint density at radius 1 is 0.912 bits per heavy atom. The minimum atomic E-state index is -1.03. The molecule has 34 heavy (non-hydrogen) atoms. The third-order valence-corrected chi connectivity index (χ3v) is 6.22. The zero-order valence-electron chi connectivity index (χ0n) is 19.6. The van der Waals surface area contributed by atoms with E-state index in [9.17, 15) is 14.4 Å². The molecule has 10 heteroatoms. The molecule has 182 valence electrons. The Bertz CT molecular complexity index is 1040. The molecule has 2 heterocycles. The number of hydrogen-bond donors (Lipinski definition) is 0. The van der Waals surface area contributed by atoms with Crippen LogP contribution >= 0.6 is 11.8 Å². The highest BCUT2D eigenvalue weighted by molar-refractivity contribution is 7.99. The van der Waals surface area contributed by atoms with Gasteiger partial charge in [-0.25, -0.2) is 0 Å². The van der Waals surface area contributed by atoms with Crippen LogP contribution in [0.15, 0.2) is 36.5 Å². The molecule has 1 unspecified atom stereocenters. The Morgan fingerprint density at radius 3 is 2.12 bits per heavy atom. The van der Waals surface area contributed by atoms with Gasteiger partial charge in [-0.3, -0.25) is 19.4 Å². The summed E-state index contributed by atoms with van der Waals surface area (Å²) in [5.41, 5.74) is 1.46. The molecule has 0 spiro atoms. The molecule has 4 atom stereocenters. The van der Waals surface area contributed by atoms with E-state index in [0.717, 1.165) is 11.1 Å². The predicted octanol–water partition coefficient (Wildman–Crippen LogP) is 3.31. The van der Waals surface area contributed by atoms with Gasteiger partial charge in [0.1, 0.15) is 17.2 Å². The summed E-state index contributed by atoms with van der Waals surface area (Å²) in [7, 11) is 1.59. The Balaban J connectivity index is 1.97. The highest BCUT2D eigenvalue weighted by Gasteiger charge is 2.48. The number of pyridine rings is 1. The summed E-state index contributed by atoms with van der Waals surface area (Å²) in [5, 5.41) is 0. The van der Waals surface area contributed by atoms with Crippen molar-refractivity contribution in [2.24, 2.45) is 0 Å². The van der Waals surface area contributed by atoms with Crippen LogP contribution in [0.3, 0.4) is 0 Å². The molecule has 0 N–H and O–H groups in total. The molecule has 9 nitrogen and oxygen atoms in total. The van der Waals surface area contributed by atoms with Crippen LogP contribution in [0, 0.1) is 6.92 Å². The predicted molar refractivity (Wildman–Crippen MR) is 124 cm³/mol. The van der Waals surface area contributed by atoms with Crippen LogP contribution in [0.1, 0.15) is 26.3 Å². The largest absolute Gasteiger partial charge is 0.497 e. The Hall–Kier alpha value is -3.27. The van der Waals surface area contributed by atoms with Gasteiger partial charge in [-0.1, -0.05) is 0 Å². The first-order valence-corrected chi connectivity index (χ1v) is 11.6. The number of carbonyl (C=O) groups is 3. The second-order valence-corrected chi connectivity index (χ2v) is 8.78. The molecule has 1 aliphatic rings. The van der Waals surface area contributed by atoms with Gasteiger partial charge in [0, 0.05) is 38.3 Å². The first-order chi connectivity index (χ1) is 16.2. The molecule has 0 bridgehead atoms. The zero-order valence-corrected chi connectivity index (χ0v) is 20.4. The Labute approximate surface area is 202 Å². The average molecular weight is 490 g/mol. The van der Waals surface area contributed by atoms with Gasteiger partial charge in [0.25, 0.3) is 0 Å².